The van der Waals surface area contributed by atoms with Crippen molar-refractivity contribution < 1.29 is 18.7 Å². The van der Waals surface area contributed by atoms with E-state index < -0.39 is 6.10 Å². The number of hydrogen-bond acceptors (Lipinski definition) is 4. The van der Waals surface area contributed by atoms with E-state index in [1.54, 1.807) is 21.9 Å². The van der Waals surface area contributed by atoms with Gasteiger partial charge in [0.15, 0.2) is 0 Å². The fourth-order valence-corrected chi connectivity index (χ4v) is 2.85. The van der Waals surface area contributed by atoms with Crippen molar-refractivity contribution in [2.45, 2.75) is 12.6 Å². The first kappa shape index (κ1) is 18.6. The van der Waals surface area contributed by atoms with Crippen LogP contribution in [0.1, 0.15) is 5.56 Å². The Morgan fingerprint density at radius 3 is 2.88 bits per heavy atom. The Kier molecular flexibility index (Phi) is 6.53. The molecule has 1 N–H and O–H groups in total. The topological polar surface area (TPSA) is 61.9 Å². The molecule has 1 atom stereocenters. The molecular formula is C16H21ClFN3O3. The van der Waals surface area contributed by atoms with Gasteiger partial charge < -0.3 is 19.9 Å². The van der Waals surface area contributed by atoms with E-state index in [0.29, 0.717) is 32.8 Å². The molecule has 1 unspecified atom stereocenters. The number of nitrogens with one attached hydrogen (secondary N) is 1. The molecule has 0 aromatic heterocycles. The highest BCUT2D eigenvalue weighted by molar-refractivity contribution is 5.88. The number of amides is 2. The fraction of sp³-hybridized carbons (Fsp3) is 0.500. The lowest BCUT2D eigenvalue weighted by Crippen LogP contribution is -2.56. The number of ether oxygens (including phenoxy) is 1. The van der Waals surface area contributed by atoms with Crippen molar-refractivity contribution in [3.05, 3.63) is 35.6 Å². The van der Waals surface area contributed by atoms with Gasteiger partial charge in [-0.05, 0) is 17.7 Å². The van der Waals surface area contributed by atoms with Crippen molar-refractivity contribution >= 4 is 24.2 Å². The van der Waals surface area contributed by atoms with Crippen molar-refractivity contribution in [3.8, 4) is 0 Å². The predicted octanol–water partition coefficient (Wildman–Crippen LogP) is 0.407. The highest BCUT2D eigenvalue weighted by Gasteiger charge is 2.32. The lowest BCUT2D eigenvalue weighted by Gasteiger charge is -2.36. The summed E-state index contributed by atoms with van der Waals surface area (Å²) in [6, 6.07) is 6.21. The number of carbonyl (C=O) groups is 2. The molecule has 24 heavy (non-hydrogen) atoms. The van der Waals surface area contributed by atoms with E-state index in [-0.39, 0.29) is 36.6 Å². The van der Waals surface area contributed by atoms with Crippen LogP contribution in [0, 0.1) is 5.82 Å². The molecule has 2 aliphatic heterocycles. The van der Waals surface area contributed by atoms with Crippen LogP contribution in [0.15, 0.2) is 24.3 Å². The Morgan fingerprint density at radius 2 is 2.21 bits per heavy atom. The van der Waals surface area contributed by atoms with Gasteiger partial charge in [0.2, 0.25) is 5.91 Å². The van der Waals surface area contributed by atoms with Crippen molar-refractivity contribution in [3.63, 3.8) is 0 Å². The largest absolute Gasteiger partial charge is 0.366 e. The molecule has 8 heteroatoms. The van der Waals surface area contributed by atoms with Crippen LogP contribution >= 0.6 is 12.4 Å². The van der Waals surface area contributed by atoms with Gasteiger partial charge in [-0.2, -0.15) is 0 Å². The Morgan fingerprint density at radius 1 is 1.38 bits per heavy atom. The van der Waals surface area contributed by atoms with Gasteiger partial charge in [-0.25, -0.2) is 4.39 Å². The maximum Gasteiger partial charge on any atom is 0.253 e. The highest BCUT2D eigenvalue weighted by atomic mass is 35.5. The van der Waals surface area contributed by atoms with Crippen molar-refractivity contribution in [1.29, 1.82) is 0 Å². The van der Waals surface area contributed by atoms with Crippen molar-refractivity contribution in [2.24, 2.45) is 0 Å². The number of morpholine rings is 1. The molecule has 2 amide bonds. The van der Waals surface area contributed by atoms with E-state index in [4.69, 9.17) is 4.74 Å². The first-order chi connectivity index (χ1) is 11.1. The van der Waals surface area contributed by atoms with Crippen molar-refractivity contribution in [2.75, 3.05) is 39.3 Å². The molecule has 0 spiro atoms. The summed E-state index contributed by atoms with van der Waals surface area (Å²) in [7, 11) is 0. The number of piperazine rings is 1. The average molecular weight is 358 g/mol. The van der Waals surface area contributed by atoms with Gasteiger partial charge in [-0.3, -0.25) is 9.59 Å². The third-order valence-electron chi connectivity index (χ3n) is 4.10. The first-order valence-corrected chi connectivity index (χ1v) is 7.77. The van der Waals surface area contributed by atoms with Crippen LogP contribution in [0.5, 0.6) is 0 Å². The minimum absolute atomic E-state index is 0. The molecule has 2 heterocycles. The molecule has 0 bridgehead atoms. The molecule has 6 nitrogen and oxygen atoms in total. The first-order valence-electron chi connectivity index (χ1n) is 7.77. The monoisotopic (exact) mass is 357 g/mol. The second-order valence-corrected chi connectivity index (χ2v) is 5.77. The second kappa shape index (κ2) is 8.41. The van der Waals surface area contributed by atoms with Gasteiger partial charge in [0.05, 0.1) is 13.2 Å². The van der Waals surface area contributed by atoms with Crippen LogP contribution in [0.3, 0.4) is 0 Å². The zero-order chi connectivity index (χ0) is 16.2. The maximum absolute atomic E-state index is 13.2. The molecule has 132 valence electrons. The van der Waals surface area contributed by atoms with Gasteiger partial charge >= 0.3 is 0 Å². The molecule has 2 saturated heterocycles. The highest BCUT2D eigenvalue weighted by Crippen LogP contribution is 2.13. The number of hydrogen-bond donors (Lipinski definition) is 1. The Labute approximate surface area is 146 Å². The van der Waals surface area contributed by atoms with Crippen molar-refractivity contribution in [1.82, 2.24) is 15.1 Å². The van der Waals surface area contributed by atoms with Gasteiger partial charge in [0, 0.05) is 32.7 Å². The van der Waals surface area contributed by atoms with E-state index in [9.17, 15) is 14.0 Å². The van der Waals surface area contributed by atoms with Gasteiger partial charge in [-0.15, -0.1) is 12.4 Å². The third-order valence-corrected chi connectivity index (χ3v) is 4.10. The van der Waals surface area contributed by atoms with Crippen LogP contribution in [-0.4, -0.2) is 67.0 Å². The Hall–Kier alpha value is -1.70. The van der Waals surface area contributed by atoms with E-state index in [1.807, 2.05) is 0 Å². The molecule has 2 aliphatic rings. The molecule has 3 rings (SSSR count). The quantitative estimate of drug-likeness (QED) is 0.851. The van der Waals surface area contributed by atoms with Crippen LogP contribution < -0.4 is 5.32 Å². The summed E-state index contributed by atoms with van der Waals surface area (Å²) in [5, 5.41) is 3.11. The molecule has 2 fully saturated rings. The zero-order valence-corrected chi connectivity index (χ0v) is 14.1. The number of rotatable bonds is 3. The third kappa shape index (κ3) is 4.43. The summed E-state index contributed by atoms with van der Waals surface area (Å²) in [5.41, 5.74) is 0.748. The maximum atomic E-state index is 13.2. The normalized spacial score (nSPS) is 21.4. The van der Waals surface area contributed by atoms with Gasteiger partial charge in [0.25, 0.3) is 5.91 Å². The van der Waals surface area contributed by atoms with E-state index in [2.05, 4.69) is 5.32 Å². The van der Waals surface area contributed by atoms with Crippen LogP contribution in [-0.2, 0) is 20.9 Å². The second-order valence-electron chi connectivity index (χ2n) is 5.77. The van der Waals surface area contributed by atoms with Gasteiger partial charge in [0.1, 0.15) is 11.9 Å². The molecular weight excluding hydrogens is 337 g/mol. The van der Waals surface area contributed by atoms with Crippen LogP contribution in [0.2, 0.25) is 0 Å². The summed E-state index contributed by atoms with van der Waals surface area (Å²) >= 11 is 0. The van der Waals surface area contributed by atoms with Gasteiger partial charge in [-0.1, -0.05) is 12.1 Å². The minimum Gasteiger partial charge on any atom is -0.366 e. The summed E-state index contributed by atoms with van der Waals surface area (Å²) in [5.74, 6) is -0.584. The Balaban J connectivity index is 0.00000208. The number of nitrogens with zero attached hydrogens (tertiary/aromatic N) is 2. The molecule has 1 aromatic rings. The van der Waals surface area contributed by atoms with Crippen LogP contribution in [0.4, 0.5) is 4.39 Å². The zero-order valence-electron chi connectivity index (χ0n) is 13.2. The number of carbonyl (C=O) groups excluding carboxylic acids is 2. The minimum atomic E-state index is -0.508. The van der Waals surface area contributed by atoms with E-state index in [0.717, 1.165) is 12.1 Å². The van der Waals surface area contributed by atoms with E-state index >= 15 is 0 Å². The summed E-state index contributed by atoms with van der Waals surface area (Å²) in [6.45, 7) is 3.06. The lowest BCUT2D eigenvalue weighted by atomic mass is 10.1. The lowest BCUT2D eigenvalue weighted by molar-refractivity contribution is -0.153. The molecule has 0 saturated carbocycles. The Bertz CT molecular complexity index is 596. The number of halogens is 2. The summed E-state index contributed by atoms with van der Waals surface area (Å²) in [4.78, 5) is 27.8. The SMILES string of the molecule is Cl.O=C1CN(C(=O)C2CNCCO2)CCN1Cc1cccc(F)c1. The summed E-state index contributed by atoms with van der Waals surface area (Å²) in [6.07, 6.45) is -0.508. The molecule has 0 aliphatic carbocycles. The predicted molar refractivity (Wildman–Crippen MR) is 88.3 cm³/mol. The summed E-state index contributed by atoms with van der Waals surface area (Å²) < 4.78 is 18.7. The standard InChI is InChI=1S/C16H20FN3O3.ClH/c17-13-3-1-2-12(8-13)10-19-5-6-20(11-15(19)21)16(22)14-9-18-4-7-23-14;/h1-3,8,14,18H,4-7,9-11H2;1H. The molecule has 0 radical (unpaired) electrons. The number of benzene rings is 1. The smallest absolute Gasteiger partial charge is 0.253 e. The van der Waals surface area contributed by atoms with Crippen LogP contribution in [0.25, 0.3) is 0 Å². The fourth-order valence-electron chi connectivity index (χ4n) is 2.85. The average Bonchev–Trinajstić information content (AvgIpc) is 2.57. The van der Waals surface area contributed by atoms with E-state index in [1.165, 1.54) is 12.1 Å². The molecule has 1 aromatic carbocycles.